The molecule has 0 saturated heterocycles. The van der Waals surface area contributed by atoms with Crippen molar-refractivity contribution in [1.82, 2.24) is 5.32 Å². The van der Waals surface area contributed by atoms with Gasteiger partial charge in [-0.1, -0.05) is 30.5 Å². The molecule has 1 saturated carbocycles. The molecule has 1 aliphatic rings. The first-order valence-electron chi connectivity index (χ1n) is 6.82. The first kappa shape index (κ1) is 13.4. The van der Waals surface area contributed by atoms with E-state index in [-0.39, 0.29) is 0 Å². The van der Waals surface area contributed by atoms with Gasteiger partial charge in [0.05, 0.1) is 0 Å². The minimum absolute atomic E-state index is 0.347. The minimum atomic E-state index is -0.439. The van der Waals surface area contributed by atoms with Gasteiger partial charge in [-0.15, -0.1) is 0 Å². The van der Waals surface area contributed by atoms with Gasteiger partial charge in [0.15, 0.2) is 0 Å². The summed E-state index contributed by atoms with van der Waals surface area (Å²) in [6, 6.07) is 7.89. The molecule has 18 heavy (non-hydrogen) atoms. The zero-order chi connectivity index (χ0) is 12.8. The molecular formula is C15H23NO2. The highest BCUT2D eigenvalue weighted by atomic mass is 16.5. The van der Waals surface area contributed by atoms with Crippen LogP contribution in [0, 0.1) is 12.8 Å². The normalized spacial score (nSPS) is 16.6. The largest absolute Gasteiger partial charge is 0.491 e. The quantitative estimate of drug-likeness (QED) is 0.693. The molecule has 0 heterocycles. The van der Waals surface area contributed by atoms with Crippen LogP contribution in [0.25, 0.3) is 0 Å². The monoisotopic (exact) mass is 249 g/mol. The summed E-state index contributed by atoms with van der Waals surface area (Å²) in [4.78, 5) is 0. The van der Waals surface area contributed by atoms with Crippen LogP contribution in [0.5, 0.6) is 5.75 Å². The predicted molar refractivity (Wildman–Crippen MR) is 72.9 cm³/mol. The second-order valence-electron chi connectivity index (χ2n) is 5.21. The van der Waals surface area contributed by atoms with Crippen molar-refractivity contribution >= 4 is 0 Å². The second-order valence-corrected chi connectivity index (χ2v) is 5.21. The molecule has 0 spiro atoms. The van der Waals surface area contributed by atoms with Crippen LogP contribution < -0.4 is 10.1 Å². The summed E-state index contributed by atoms with van der Waals surface area (Å²) in [5.41, 5.74) is 1.21. The van der Waals surface area contributed by atoms with Gasteiger partial charge in [0.25, 0.3) is 0 Å². The van der Waals surface area contributed by atoms with Gasteiger partial charge in [0.2, 0.25) is 0 Å². The average molecular weight is 249 g/mol. The summed E-state index contributed by atoms with van der Waals surface area (Å²) >= 11 is 0. The number of aliphatic hydroxyl groups is 1. The van der Waals surface area contributed by atoms with Gasteiger partial charge in [0, 0.05) is 6.54 Å². The van der Waals surface area contributed by atoms with Crippen molar-refractivity contribution in [3.8, 4) is 5.75 Å². The summed E-state index contributed by atoms with van der Waals surface area (Å²) in [6.07, 6.45) is 3.58. The molecule has 2 rings (SSSR count). The average Bonchev–Trinajstić information content (AvgIpc) is 3.18. The van der Waals surface area contributed by atoms with Crippen LogP contribution in [0.4, 0.5) is 0 Å². The van der Waals surface area contributed by atoms with E-state index in [9.17, 15) is 5.11 Å². The number of rotatable bonds is 8. The van der Waals surface area contributed by atoms with Crippen LogP contribution in [0.2, 0.25) is 0 Å². The fraction of sp³-hybridized carbons (Fsp3) is 0.600. The molecule has 0 radical (unpaired) electrons. The first-order chi connectivity index (χ1) is 8.74. The van der Waals surface area contributed by atoms with E-state index in [1.165, 1.54) is 24.8 Å². The van der Waals surface area contributed by atoms with E-state index in [2.05, 4.69) is 5.32 Å². The van der Waals surface area contributed by atoms with Crippen LogP contribution in [0.15, 0.2) is 24.3 Å². The van der Waals surface area contributed by atoms with Crippen molar-refractivity contribution in [2.75, 3.05) is 19.7 Å². The number of nitrogens with one attached hydrogen (secondary N) is 1. The Labute approximate surface area is 109 Å². The zero-order valence-corrected chi connectivity index (χ0v) is 11.1. The van der Waals surface area contributed by atoms with Gasteiger partial charge < -0.3 is 15.2 Å². The smallest absolute Gasteiger partial charge is 0.119 e. The second kappa shape index (κ2) is 6.76. The maximum absolute atomic E-state index is 9.76. The highest BCUT2D eigenvalue weighted by Crippen LogP contribution is 2.31. The van der Waals surface area contributed by atoms with E-state index >= 15 is 0 Å². The Bertz CT molecular complexity index is 346. The molecule has 100 valence electrons. The zero-order valence-electron chi connectivity index (χ0n) is 11.1. The molecule has 0 aromatic heterocycles. The van der Waals surface area contributed by atoms with Crippen LogP contribution in [-0.4, -0.2) is 30.9 Å². The van der Waals surface area contributed by atoms with E-state index in [1.54, 1.807) is 0 Å². The van der Waals surface area contributed by atoms with E-state index in [1.807, 2.05) is 31.2 Å². The van der Waals surface area contributed by atoms with Gasteiger partial charge in [-0.3, -0.25) is 0 Å². The maximum Gasteiger partial charge on any atom is 0.119 e. The third kappa shape index (κ3) is 5.07. The topological polar surface area (TPSA) is 41.5 Å². The summed E-state index contributed by atoms with van der Waals surface area (Å²) in [5, 5.41) is 13.0. The maximum atomic E-state index is 9.76. The number of ether oxygens (including phenoxy) is 1. The number of aliphatic hydroxyl groups excluding tert-OH is 1. The number of benzene rings is 1. The molecule has 1 atom stereocenters. The van der Waals surface area contributed by atoms with Gasteiger partial charge in [-0.25, -0.2) is 0 Å². The predicted octanol–water partition coefficient (Wildman–Crippen LogP) is 2.12. The van der Waals surface area contributed by atoms with E-state index in [0.29, 0.717) is 13.2 Å². The highest BCUT2D eigenvalue weighted by Gasteiger charge is 2.20. The molecule has 3 nitrogen and oxygen atoms in total. The summed E-state index contributed by atoms with van der Waals surface area (Å²) in [5.74, 6) is 1.76. The Morgan fingerprint density at radius 1 is 1.33 bits per heavy atom. The Morgan fingerprint density at radius 3 is 2.72 bits per heavy atom. The number of hydrogen-bond donors (Lipinski definition) is 2. The molecule has 0 amide bonds. The van der Waals surface area contributed by atoms with Crippen molar-refractivity contribution in [3.05, 3.63) is 29.8 Å². The lowest BCUT2D eigenvalue weighted by Gasteiger charge is -2.13. The number of aryl methyl sites for hydroxylation is 1. The van der Waals surface area contributed by atoms with Crippen molar-refractivity contribution in [2.45, 2.75) is 32.3 Å². The molecule has 1 aliphatic carbocycles. The summed E-state index contributed by atoms with van der Waals surface area (Å²) in [6.45, 7) is 4.01. The number of hydrogen-bond acceptors (Lipinski definition) is 3. The van der Waals surface area contributed by atoms with E-state index < -0.39 is 6.10 Å². The third-order valence-corrected chi connectivity index (χ3v) is 3.27. The molecular weight excluding hydrogens is 226 g/mol. The summed E-state index contributed by atoms with van der Waals surface area (Å²) < 4.78 is 5.52. The molecule has 0 aliphatic heterocycles. The van der Waals surface area contributed by atoms with Crippen molar-refractivity contribution in [3.63, 3.8) is 0 Å². The van der Waals surface area contributed by atoms with Crippen LogP contribution in [0.3, 0.4) is 0 Å². The SMILES string of the molecule is Cc1ccc(OCC(O)CNCCC2CC2)cc1. The molecule has 2 N–H and O–H groups in total. The Morgan fingerprint density at radius 2 is 2.06 bits per heavy atom. The highest BCUT2D eigenvalue weighted by molar-refractivity contribution is 5.26. The lowest BCUT2D eigenvalue weighted by Crippen LogP contribution is -2.32. The van der Waals surface area contributed by atoms with Crippen molar-refractivity contribution < 1.29 is 9.84 Å². The first-order valence-corrected chi connectivity index (χ1v) is 6.82. The fourth-order valence-corrected chi connectivity index (χ4v) is 1.87. The van der Waals surface area contributed by atoms with E-state index in [4.69, 9.17) is 4.74 Å². The molecule has 1 unspecified atom stereocenters. The van der Waals surface area contributed by atoms with Crippen LogP contribution in [-0.2, 0) is 0 Å². The third-order valence-electron chi connectivity index (χ3n) is 3.27. The molecule has 1 aromatic rings. The molecule has 1 fully saturated rings. The Balaban J connectivity index is 1.55. The standard InChI is InChI=1S/C15H23NO2/c1-12-2-6-15(7-3-12)18-11-14(17)10-16-9-8-13-4-5-13/h2-3,6-7,13-14,16-17H,4-5,8-11H2,1H3. The van der Waals surface area contributed by atoms with Crippen LogP contribution >= 0.6 is 0 Å². The van der Waals surface area contributed by atoms with E-state index in [0.717, 1.165) is 18.2 Å². The van der Waals surface area contributed by atoms with Gasteiger partial charge in [-0.05, 0) is 37.9 Å². The minimum Gasteiger partial charge on any atom is -0.491 e. The van der Waals surface area contributed by atoms with Gasteiger partial charge in [-0.2, -0.15) is 0 Å². The Kier molecular flexibility index (Phi) is 5.02. The molecule has 3 heteroatoms. The van der Waals surface area contributed by atoms with Crippen molar-refractivity contribution in [2.24, 2.45) is 5.92 Å². The van der Waals surface area contributed by atoms with Crippen molar-refractivity contribution in [1.29, 1.82) is 0 Å². The van der Waals surface area contributed by atoms with Gasteiger partial charge >= 0.3 is 0 Å². The molecule has 0 bridgehead atoms. The molecule has 1 aromatic carbocycles. The summed E-state index contributed by atoms with van der Waals surface area (Å²) in [7, 11) is 0. The lowest BCUT2D eigenvalue weighted by molar-refractivity contribution is 0.106. The van der Waals surface area contributed by atoms with Gasteiger partial charge in [0.1, 0.15) is 18.5 Å². The Hall–Kier alpha value is -1.06. The lowest BCUT2D eigenvalue weighted by atomic mass is 10.2. The fourth-order valence-electron chi connectivity index (χ4n) is 1.87. The van der Waals surface area contributed by atoms with Crippen LogP contribution in [0.1, 0.15) is 24.8 Å².